The molecular formula is C28H29N3O5S. The van der Waals surface area contributed by atoms with E-state index in [1.54, 1.807) is 26.2 Å². The van der Waals surface area contributed by atoms with E-state index < -0.39 is 5.25 Å². The summed E-state index contributed by atoms with van der Waals surface area (Å²) in [4.78, 5) is 32.5. The van der Waals surface area contributed by atoms with E-state index in [1.807, 2.05) is 72.8 Å². The maximum Gasteiger partial charge on any atom is 0.242 e. The zero-order valence-electron chi connectivity index (χ0n) is 21.0. The highest BCUT2D eigenvalue weighted by Gasteiger charge is 2.39. The molecule has 1 aliphatic rings. The van der Waals surface area contributed by atoms with Crippen LogP contribution in [0.3, 0.4) is 0 Å². The molecule has 9 heteroatoms. The van der Waals surface area contributed by atoms with Crippen molar-refractivity contribution < 1.29 is 23.8 Å². The fourth-order valence-corrected chi connectivity index (χ4v) is 5.06. The van der Waals surface area contributed by atoms with Gasteiger partial charge < -0.3 is 19.5 Å². The van der Waals surface area contributed by atoms with Crippen LogP contribution in [0.1, 0.15) is 12.0 Å². The van der Waals surface area contributed by atoms with Crippen LogP contribution in [0.2, 0.25) is 0 Å². The van der Waals surface area contributed by atoms with Gasteiger partial charge in [0.1, 0.15) is 11.0 Å². The summed E-state index contributed by atoms with van der Waals surface area (Å²) in [5.41, 5.74) is 2.38. The van der Waals surface area contributed by atoms with E-state index in [0.717, 1.165) is 11.3 Å². The first-order valence-electron chi connectivity index (χ1n) is 11.8. The summed E-state index contributed by atoms with van der Waals surface area (Å²) in [5.74, 6) is 1.64. The molecule has 0 radical (unpaired) electrons. The van der Waals surface area contributed by atoms with Gasteiger partial charge in [-0.1, -0.05) is 36.0 Å². The zero-order valence-corrected chi connectivity index (χ0v) is 21.8. The van der Waals surface area contributed by atoms with Crippen LogP contribution in [0.15, 0.2) is 77.8 Å². The first kappa shape index (κ1) is 26.1. The number of nitrogens with zero attached hydrogens (tertiary/aromatic N) is 2. The third-order valence-corrected chi connectivity index (χ3v) is 6.99. The van der Waals surface area contributed by atoms with Gasteiger partial charge in [0.2, 0.25) is 11.8 Å². The van der Waals surface area contributed by atoms with Gasteiger partial charge in [0.05, 0.1) is 27.0 Å². The van der Waals surface area contributed by atoms with Gasteiger partial charge in [0, 0.05) is 18.7 Å². The number of anilines is 1. The molecule has 0 unspecified atom stereocenters. The zero-order chi connectivity index (χ0) is 26.2. The fourth-order valence-electron chi connectivity index (χ4n) is 3.88. The molecule has 3 aromatic rings. The van der Waals surface area contributed by atoms with Gasteiger partial charge in [-0.05, 0) is 60.5 Å². The van der Waals surface area contributed by atoms with Gasteiger partial charge in [0.25, 0.3) is 0 Å². The van der Waals surface area contributed by atoms with Crippen LogP contribution in [0.5, 0.6) is 17.2 Å². The quantitative estimate of drug-likeness (QED) is 0.409. The minimum atomic E-state index is -0.564. The number of hydrogen-bond donors (Lipinski definition) is 1. The molecule has 0 aromatic heterocycles. The predicted molar refractivity (Wildman–Crippen MR) is 146 cm³/mol. The Morgan fingerprint density at radius 2 is 1.68 bits per heavy atom. The summed E-state index contributed by atoms with van der Waals surface area (Å²) in [7, 11) is 4.79. The standard InChI is InChI=1S/C28H29N3O5S/c1-34-22-12-10-21(11-13-22)30-28-31(16-15-19-9-14-23(35-2)24(17-19)36-3)27(33)25(37-28)18-26(32)29-20-7-5-4-6-8-20/h4-14,17,25H,15-16,18H2,1-3H3,(H,29,32)/t25-/m0/s1. The largest absolute Gasteiger partial charge is 0.497 e. The molecule has 0 spiro atoms. The molecule has 0 bridgehead atoms. The van der Waals surface area contributed by atoms with Gasteiger partial charge in [-0.15, -0.1) is 0 Å². The van der Waals surface area contributed by atoms with Crippen LogP contribution in [-0.4, -0.2) is 55.0 Å². The van der Waals surface area contributed by atoms with Gasteiger partial charge in [0.15, 0.2) is 16.7 Å². The Balaban J connectivity index is 1.52. The van der Waals surface area contributed by atoms with Crippen molar-refractivity contribution in [2.45, 2.75) is 18.1 Å². The average molecular weight is 520 g/mol. The number of rotatable bonds is 10. The van der Waals surface area contributed by atoms with E-state index in [1.165, 1.54) is 11.8 Å². The molecule has 192 valence electrons. The number of thioether (sulfide) groups is 1. The number of amidine groups is 1. The van der Waals surface area contributed by atoms with Crippen molar-refractivity contribution in [3.8, 4) is 17.2 Å². The normalized spacial score (nSPS) is 16.1. The summed E-state index contributed by atoms with van der Waals surface area (Å²) in [6.45, 7) is 0.410. The lowest BCUT2D eigenvalue weighted by atomic mass is 10.1. The molecule has 0 aliphatic carbocycles. The highest BCUT2D eigenvalue weighted by molar-refractivity contribution is 8.15. The van der Waals surface area contributed by atoms with Crippen molar-refractivity contribution in [2.75, 3.05) is 33.2 Å². The number of ether oxygens (including phenoxy) is 3. The second kappa shape index (κ2) is 12.3. The van der Waals surface area contributed by atoms with E-state index in [9.17, 15) is 9.59 Å². The molecule has 37 heavy (non-hydrogen) atoms. The molecule has 2 amide bonds. The number of methoxy groups -OCH3 is 3. The molecule has 1 atom stereocenters. The Kier molecular flexibility index (Phi) is 8.68. The number of carbonyl (C=O) groups excluding carboxylic acids is 2. The topological polar surface area (TPSA) is 89.5 Å². The first-order valence-corrected chi connectivity index (χ1v) is 12.6. The van der Waals surface area contributed by atoms with Crippen molar-refractivity contribution in [1.29, 1.82) is 0 Å². The first-order chi connectivity index (χ1) is 18.0. The second-order valence-corrected chi connectivity index (χ2v) is 9.42. The smallest absolute Gasteiger partial charge is 0.242 e. The molecule has 1 fully saturated rings. The van der Waals surface area contributed by atoms with Gasteiger partial charge in [-0.2, -0.15) is 0 Å². The Hall–Kier alpha value is -3.98. The Morgan fingerprint density at radius 1 is 0.946 bits per heavy atom. The summed E-state index contributed by atoms with van der Waals surface area (Å²) >= 11 is 1.31. The van der Waals surface area contributed by atoms with E-state index in [-0.39, 0.29) is 18.2 Å². The highest BCUT2D eigenvalue weighted by atomic mass is 32.2. The molecule has 4 rings (SSSR count). The number of hydrogen-bond acceptors (Lipinski definition) is 7. The lowest BCUT2D eigenvalue weighted by molar-refractivity contribution is -0.128. The van der Waals surface area contributed by atoms with Gasteiger partial charge in [-0.3, -0.25) is 14.5 Å². The van der Waals surface area contributed by atoms with Crippen molar-refractivity contribution in [3.05, 3.63) is 78.4 Å². The Labute approximate surface area is 220 Å². The summed E-state index contributed by atoms with van der Waals surface area (Å²) in [6, 6.07) is 22.2. The van der Waals surface area contributed by atoms with E-state index in [2.05, 4.69) is 5.32 Å². The molecule has 0 saturated carbocycles. The van der Waals surface area contributed by atoms with Gasteiger partial charge in [-0.25, -0.2) is 4.99 Å². The Morgan fingerprint density at radius 3 is 2.35 bits per heavy atom. The molecule has 8 nitrogen and oxygen atoms in total. The molecule has 1 heterocycles. The third kappa shape index (κ3) is 6.62. The van der Waals surface area contributed by atoms with Crippen molar-refractivity contribution in [3.63, 3.8) is 0 Å². The number of carbonyl (C=O) groups is 2. The SMILES string of the molecule is COc1ccc(N=C2S[C@@H](CC(=O)Nc3ccccc3)C(=O)N2CCc2ccc(OC)c(OC)c2)cc1. The molecular weight excluding hydrogens is 490 g/mol. The van der Waals surface area contributed by atoms with E-state index in [4.69, 9.17) is 19.2 Å². The van der Waals surface area contributed by atoms with Crippen molar-refractivity contribution >= 4 is 40.1 Å². The van der Waals surface area contributed by atoms with E-state index in [0.29, 0.717) is 41.0 Å². The maximum absolute atomic E-state index is 13.4. The van der Waals surface area contributed by atoms with E-state index >= 15 is 0 Å². The summed E-state index contributed by atoms with van der Waals surface area (Å²) in [5, 5.41) is 2.86. The average Bonchev–Trinajstić information content (AvgIpc) is 3.21. The lowest BCUT2D eigenvalue weighted by Crippen LogP contribution is -2.35. The van der Waals surface area contributed by atoms with Gasteiger partial charge >= 0.3 is 0 Å². The minimum absolute atomic E-state index is 0.0485. The third-order valence-electron chi connectivity index (χ3n) is 5.82. The van der Waals surface area contributed by atoms with Crippen LogP contribution in [0, 0.1) is 0 Å². The highest BCUT2D eigenvalue weighted by Crippen LogP contribution is 2.33. The fraction of sp³-hybridized carbons (Fsp3) is 0.250. The summed E-state index contributed by atoms with van der Waals surface area (Å²) in [6.07, 6.45) is 0.629. The summed E-state index contributed by atoms with van der Waals surface area (Å²) < 4.78 is 16.0. The molecule has 3 aromatic carbocycles. The monoisotopic (exact) mass is 519 g/mol. The van der Waals surface area contributed by atoms with Crippen molar-refractivity contribution in [1.82, 2.24) is 4.90 Å². The Bertz CT molecular complexity index is 1260. The minimum Gasteiger partial charge on any atom is -0.497 e. The van der Waals surface area contributed by atoms with Crippen LogP contribution in [0.4, 0.5) is 11.4 Å². The van der Waals surface area contributed by atoms with Crippen LogP contribution >= 0.6 is 11.8 Å². The van der Waals surface area contributed by atoms with Crippen LogP contribution in [-0.2, 0) is 16.0 Å². The predicted octanol–water partition coefficient (Wildman–Crippen LogP) is 4.92. The molecule has 1 N–H and O–H groups in total. The number of aliphatic imine (C=N–C) groups is 1. The number of para-hydroxylation sites is 1. The molecule has 1 aliphatic heterocycles. The number of benzene rings is 3. The van der Waals surface area contributed by atoms with Crippen molar-refractivity contribution in [2.24, 2.45) is 4.99 Å². The van der Waals surface area contributed by atoms with Crippen LogP contribution < -0.4 is 19.5 Å². The van der Waals surface area contributed by atoms with Crippen LogP contribution in [0.25, 0.3) is 0 Å². The molecule has 1 saturated heterocycles. The lowest BCUT2D eigenvalue weighted by Gasteiger charge is -2.17. The number of amides is 2. The second-order valence-electron chi connectivity index (χ2n) is 8.25. The maximum atomic E-state index is 13.4. The number of nitrogens with one attached hydrogen (secondary N) is 1.